The lowest BCUT2D eigenvalue weighted by atomic mass is 9.98. The van der Waals surface area contributed by atoms with Gasteiger partial charge in [0.05, 0.1) is 17.9 Å². The molecule has 0 saturated carbocycles. The Hall–Kier alpha value is -1.44. The van der Waals surface area contributed by atoms with Crippen molar-refractivity contribution in [2.45, 2.75) is 43.6 Å². The maximum Gasteiger partial charge on any atom is 0.214 e. The zero-order chi connectivity index (χ0) is 17.6. The summed E-state index contributed by atoms with van der Waals surface area (Å²) in [5.74, 6) is 0.898. The van der Waals surface area contributed by atoms with E-state index in [0.29, 0.717) is 0 Å². The zero-order valence-electron chi connectivity index (χ0n) is 14.1. The monoisotopic (exact) mass is 420 g/mol. The van der Waals surface area contributed by atoms with Gasteiger partial charge in [-0.3, -0.25) is 0 Å². The third kappa shape index (κ3) is 5.26. The maximum absolute atomic E-state index is 6.16. The van der Waals surface area contributed by atoms with E-state index in [4.69, 9.17) is 4.74 Å². The molecule has 0 bridgehead atoms. The Morgan fingerprint density at radius 1 is 1.40 bits per heavy atom. The standard InChI is InChI=1S/C18H21BrN4OS/c1-13-10-16(24-17(11-13)12-14(2)19)8-9-25-18-20-21-22-23(18)15-6-4-3-5-7-15/h3-7,12,16-17H,1,8-11H2,2H3/b14-12+/t16-,17-/m1/s1. The average molecular weight is 421 g/mol. The molecule has 1 aliphatic rings. The normalized spacial score (nSPS) is 21.5. The van der Waals surface area contributed by atoms with Gasteiger partial charge in [0.15, 0.2) is 0 Å². The number of halogens is 1. The van der Waals surface area contributed by atoms with Crippen LogP contribution in [0.4, 0.5) is 0 Å². The zero-order valence-corrected chi connectivity index (χ0v) is 16.5. The number of thioether (sulfide) groups is 1. The van der Waals surface area contributed by atoms with Crippen molar-refractivity contribution in [2.24, 2.45) is 0 Å². The van der Waals surface area contributed by atoms with Crippen LogP contribution in [-0.2, 0) is 4.74 Å². The van der Waals surface area contributed by atoms with Crippen LogP contribution in [0.5, 0.6) is 0 Å². The number of hydrogen-bond donors (Lipinski definition) is 0. The van der Waals surface area contributed by atoms with Gasteiger partial charge in [0.2, 0.25) is 5.16 Å². The van der Waals surface area contributed by atoms with Crippen LogP contribution in [0.25, 0.3) is 5.69 Å². The van der Waals surface area contributed by atoms with Crippen LogP contribution in [0.2, 0.25) is 0 Å². The summed E-state index contributed by atoms with van der Waals surface area (Å²) in [5.41, 5.74) is 2.22. The molecule has 5 nitrogen and oxygen atoms in total. The first-order chi connectivity index (χ1) is 12.1. The van der Waals surface area contributed by atoms with Crippen LogP contribution >= 0.6 is 27.7 Å². The van der Waals surface area contributed by atoms with Crippen molar-refractivity contribution < 1.29 is 4.74 Å². The Morgan fingerprint density at radius 3 is 2.96 bits per heavy atom. The number of tetrazole rings is 1. The summed E-state index contributed by atoms with van der Waals surface area (Å²) in [7, 11) is 0. The highest BCUT2D eigenvalue weighted by molar-refractivity contribution is 9.11. The Morgan fingerprint density at radius 2 is 2.20 bits per heavy atom. The van der Waals surface area contributed by atoms with Crippen LogP contribution in [0, 0.1) is 0 Å². The minimum atomic E-state index is 0.116. The highest BCUT2D eigenvalue weighted by Crippen LogP contribution is 2.29. The summed E-state index contributed by atoms with van der Waals surface area (Å²) >= 11 is 5.13. The minimum absolute atomic E-state index is 0.116. The molecule has 1 fully saturated rings. The fourth-order valence-corrected chi connectivity index (χ4v) is 4.06. The Labute approximate surface area is 160 Å². The van der Waals surface area contributed by atoms with Crippen molar-refractivity contribution in [1.82, 2.24) is 20.2 Å². The minimum Gasteiger partial charge on any atom is -0.370 e. The molecule has 0 spiro atoms. The van der Waals surface area contributed by atoms with Gasteiger partial charge in [-0.1, -0.05) is 58.0 Å². The van der Waals surface area contributed by atoms with Crippen LogP contribution in [0.15, 0.2) is 58.2 Å². The van der Waals surface area contributed by atoms with E-state index in [1.54, 1.807) is 16.4 Å². The molecule has 2 heterocycles. The van der Waals surface area contributed by atoms with Crippen molar-refractivity contribution >= 4 is 27.7 Å². The number of ether oxygens (including phenoxy) is 1. The predicted octanol–water partition coefficient (Wildman–Crippen LogP) is 4.55. The lowest BCUT2D eigenvalue weighted by Gasteiger charge is -2.30. The number of allylic oxidation sites excluding steroid dienone is 1. The van der Waals surface area contributed by atoms with Crippen molar-refractivity contribution in [1.29, 1.82) is 0 Å². The van der Waals surface area contributed by atoms with Gasteiger partial charge >= 0.3 is 0 Å². The highest BCUT2D eigenvalue weighted by atomic mass is 79.9. The molecule has 0 amide bonds. The molecule has 0 unspecified atom stereocenters. The summed E-state index contributed by atoms with van der Waals surface area (Å²) in [4.78, 5) is 0. The second-order valence-corrected chi connectivity index (χ2v) is 8.37. The van der Waals surface area contributed by atoms with Gasteiger partial charge in [0.25, 0.3) is 0 Å². The van der Waals surface area contributed by atoms with Crippen LogP contribution in [0.3, 0.4) is 0 Å². The van der Waals surface area contributed by atoms with Gasteiger partial charge < -0.3 is 4.74 Å². The number of rotatable bonds is 6. The third-order valence-electron chi connectivity index (χ3n) is 3.90. The fraction of sp³-hybridized carbons (Fsp3) is 0.389. The largest absolute Gasteiger partial charge is 0.370 e. The van der Waals surface area contributed by atoms with Crippen LogP contribution < -0.4 is 0 Å². The molecule has 132 valence electrons. The predicted molar refractivity (Wildman–Crippen MR) is 104 cm³/mol. The lowest BCUT2D eigenvalue weighted by molar-refractivity contribution is -0.00675. The lowest BCUT2D eigenvalue weighted by Crippen LogP contribution is -2.28. The van der Waals surface area contributed by atoms with E-state index in [2.05, 4.69) is 44.1 Å². The van der Waals surface area contributed by atoms with Gasteiger partial charge in [0.1, 0.15) is 0 Å². The Kier molecular flexibility index (Phi) is 6.45. The van der Waals surface area contributed by atoms with E-state index < -0.39 is 0 Å². The molecule has 3 rings (SSSR count). The molecule has 1 aromatic carbocycles. The van der Waals surface area contributed by atoms with Gasteiger partial charge in [0, 0.05) is 5.75 Å². The highest BCUT2D eigenvalue weighted by Gasteiger charge is 2.23. The summed E-state index contributed by atoms with van der Waals surface area (Å²) in [6, 6.07) is 9.93. The van der Waals surface area contributed by atoms with E-state index in [0.717, 1.165) is 40.3 Å². The molecule has 1 aliphatic heterocycles. The second kappa shape index (κ2) is 8.78. The average Bonchev–Trinajstić information content (AvgIpc) is 3.03. The molecule has 0 radical (unpaired) electrons. The summed E-state index contributed by atoms with van der Waals surface area (Å²) in [5, 5.41) is 12.8. The SMILES string of the molecule is C=C1C[C@@H](CCSc2nnnn2-c2ccccc2)O[C@@H](/C=C(\C)Br)C1. The molecule has 1 saturated heterocycles. The molecule has 7 heteroatoms. The number of aromatic nitrogens is 4. The fourth-order valence-electron chi connectivity index (χ4n) is 2.84. The summed E-state index contributed by atoms with van der Waals surface area (Å²) in [6.07, 6.45) is 5.19. The van der Waals surface area contributed by atoms with Gasteiger partial charge in [-0.2, -0.15) is 4.68 Å². The molecule has 2 aromatic rings. The van der Waals surface area contributed by atoms with E-state index in [1.165, 1.54) is 5.57 Å². The van der Waals surface area contributed by atoms with Crippen LogP contribution in [0.1, 0.15) is 26.2 Å². The molecule has 1 aromatic heterocycles. The molecular formula is C18H21BrN4OS. The van der Waals surface area contributed by atoms with Gasteiger partial charge in [-0.05, 0) is 59.3 Å². The number of hydrogen-bond acceptors (Lipinski definition) is 5. The van der Waals surface area contributed by atoms with Crippen molar-refractivity contribution in [2.75, 3.05) is 5.75 Å². The first kappa shape index (κ1) is 18.4. The summed E-state index contributed by atoms with van der Waals surface area (Å²) < 4.78 is 9.03. The van der Waals surface area contributed by atoms with E-state index in [-0.39, 0.29) is 12.2 Å². The van der Waals surface area contributed by atoms with E-state index >= 15 is 0 Å². The quantitative estimate of drug-likeness (QED) is 0.506. The second-order valence-electron chi connectivity index (χ2n) is 6.05. The van der Waals surface area contributed by atoms with Crippen molar-refractivity contribution in [3.05, 3.63) is 53.0 Å². The molecule has 0 N–H and O–H groups in total. The molecule has 2 atom stereocenters. The molecule has 25 heavy (non-hydrogen) atoms. The number of para-hydroxylation sites is 1. The van der Waals surface area contributed by atoms with E-state index in [9.17, 15) is 0 Å². The van der Waals surface area contributed by atoms with Crippen molar-refractivity contribution in [3.63, 3.8) is 0 Å². The Bertz CT molecular complexity index is 743. The molecule has 0 aliphatic carbocycles. The Balaban J connectivity index is 1.56. The van der Waals surface area contributed by atoms with Crippen molar-refractivity contribution in [3.8, 4) is 5.69 Å². The molecular weight excluding hydrogens is 400 g/mol. The van der Waals surface area contributed by atoms with Gasteiger partial charge in [-0.15, -0.1) is 5.10 Å². The third-order valence-corrected chi connectivity index (χ3v) is 5.12. The smallest absolute Gasteiger partial charge is 0.214 e. The number of benzene rings is 1. The van der Waals surface area contributed by atoms with E-state index in [1.807, 2.05) is 37.3 Å². The van der Waals surface area contributed by atoms with Crippen LogP contribution in [-0.4, -0.2) is 38.2 Å². The maximum atomic E-state index is 6.16. The first-order valence-corrected chi connectivity index (χ1v) is 10.0. The summed E-state index contributed by atoms with van der Waals surface area (Å²) in [6.45, 7) is 6.19. The topological polar surface area (TPSA) is 52.8 Å². The number of nitrogens with zero attached hydrogens (tertiary/aromatic N) is 4. The first-order valence-electron chi connectivity index (χ1n) is 8.24. The van der Waals surface area contributed by atoms with Gasteiger partial charge in [-0.25, -0.2) is 0 Å².